The van der Waals surface area contributed by atoms with Gasteiger partial charge in [-0.05, 0) is 24.7 Å². The predicted octanol–water partition coefficient (Wildman–Crippen LogP) is 2.43. The second-order valence-electron chi connectivity index (χ2n) is 6.83. The first kappa shape index (κ1) is 21.3. The highest BCUT2D eigenvalue weighted by Gasteiger charge is 2.17. The van der Waals surface area contributed by atoms with Crippen molar-refractivity contribution < 1.29 is 14.3 Å². The summed E-state index contributed by atoms with van der Waals surface area (Å²) >= 11 is 0. The second kappa shape index (κ2) is 9.41. The Labute approximate surface area is 175 Å². The number of aromatic amines is 1. The largest absolute Gasteiger partial charge is 0.493 e. The Morgan fingerprint density at radius 3 is 2.40 bits per heavy atom. The van der Waals surface area contributed by atoms with Gasteiger partial charge in [-0.2, -0.15) is 0 Å². The van der Waals surface area contributed by atoms with Crippen LogP contribution in [0.25, 0.3) is 10.9 Å². The molecule has 0 aliphatic rings. The molecule has 0 spiro atoms. The van der Waals surface area contributed by atoms with Crippen LogP contribution in [0.15, 0.2) is 47.3 Å². The van der Waals surface area contributed by atoms with E-state index in [2.05, 4.69) is 9.97 Å². The molecule has 0 aliphatic carbocycles. The third kappa shape index (κ3) is 4.60. The molecule has 0 unspecified atom stereocenters. The molecule has 0 fully saturated rings. The molecule has 30 heavy (non-hydrogen) atoms. The van der Waals surface area contributed by atoms with Crippen LogP contribution in [0.5, 0.6) is 11.5 Å². The van der Waals surface area contributed by atoms with E-state index in [4.69, 9.17) is 9.47 Å². The van der Waals surface area contributed by atoms with Crippen molar-refractivity contribution in [3.8, 4) is 11.5 Å². The molecule has 0 atom stereocenters. The van der Waals surface area contributed by atoms with E-state index in [1.54, 1.807) is 24.1 Å². The zero-order valence-corrected chi connectivity index (χ0v) is 17.6. The number of methoxy groups -OCH3 is 2. The number of carbonyl (C=O) groups is 1. The average molecular weight is 410 g/mol. The number of carbonyl (C=O) groups excluding carboxylic acids is 1. The Hall–Kier alpha value is -3.39. The smallest absolute Gasteiger partial charge is 0.258 e. The van der Waals surface area contributed by atoms with Crippen LogP contribution >= 0.6 is 0 Å². The van der Waals surface area contributed by atoms with Gasteiger partial charge in [0.25, 0.3) is 5.56 Å². The zero-order chi connectivity index (χ0) is 21.7. The first-order valence-corrected chi connectivity index (χ1v) is 9.65. The van der Waals surface area contributed by atoms with Gasteiger partial charge in [-0.25, -0.2) is 4.98 Å². The third-order valence-electron chi connectivity index (χ3n) is 4.96. The molecule has 0 saturated carbocycles. The highest BCUT2D eigenvalue weighted by Crippen LogP contribution is 2.29. The van der Waals surface area contributed by atoms with E-state index in [0.717, 1.165) is 5.69 Å². The fourth-order valence-corrected chi connectivity index (χ4v) is 3.17. The number of hydrogen-bond donors (Lipinski definition) is 1. The van der Waals surface area contributed by atoms with Gasteiger partial charge in [0.2, 0.25) is 5.91 Å². The number of rotatable bonds is 8. The van der Waals surface area contributed by atoms with Gasteiger partial charge in [0.15, 0.2) is 11.5 Å². The van der Waals surface area contributed by atoms with Gasteiger partial charge >= 0.3 is 0 Å². The van der Waals surface area contributed by atoms with Gasteiger partial charge in [0, 0.05) is 18.8 Å². The quantitative estimate of drug-likeness (QED) is 0.614. The number of amides is 1. The van der Waals surface area contributed by atoms with E-state index in [1.165, 1.54) is 14.2 Å². The minimum Gasteiger partial charge on any atom is -0.493 e. The Morgan fingerprint density at radius 1 is 1.10 bits per heavy atom. The van der Waals surface area contributed by atoms with Crippen LogP contribution in [-0.2, 0) is 11.3 Å². The molecule has 158 valence electrons. The maximum absolute atomic E-state index is 12.7. The Kier molecular flexibility index (Phi) is 6.68. The molecular weight excluding hydrogens is 384 g/mol. The van der Waals surface area contributed by atoms with Crippen LogP contribution in [-0.4, -0.2) is 55.1 Å². The fraction of sp³-hybridized carbons (Fsp3) is 0.318. The summed E-state index contributed by atoms with van der Waals surface area (Å²) in [6.07, 6.45) is 0. The average Bonchev–Trinajstić information content (AvgIpc) is 2.77. The lowest BCUT2D eigenvalue weighted by Gasteiger charge is -2.23. The SMILES string of the molecule is CCN(CC(=O)N(C)c1ccccc1)Cc1nc2cc(OC)c(OC)cc2c(=O)[nH]1. The minimum atomic E-state index is -0.264. The maximum atomic E-state index is 12.7. The van der Waals surface area contributed by atoms with E-state index in [9.17, 15) is 9.59 Å². The first-order chi connectivity index (χ1) is 14.5. The molecule has 1 aromatic heterocycles. The number of likely N-dealkylation sites (N-methyl/N-ethyl adjacent to an activating group) is 2. The number of fused-ring (bicyclic) bond motifs is 1. The summed E-state index contributed by atoms with van der Waals surface area (Å²) in [4.78, 5) is 36.2. The van der Waals surface area contributed by atoms with Gasteiger partial charge in [-0.3, -0.25) is 14.5 Å². The van der Waals surface area contributed by atoms with E-state index < -0.39 is 0 Å². The van der Waals surface area contributed by atoms with Gasteiger partial charge < -0.3 is 19.4 Å². The lowest BCUT2D eigenvalue weighted by molar-refractivity contribution is -0.119. The van der Waals surface area contributed by atoms with Crippen molar-refractivity contribution in [2.45, 2.75) is 13.5 Å². The zero-order valence-electron chi connectivity index (χ0n) is 17.6. The molecule has 0 radical (unpaired) electrons. The monoisotopic (exact) mass is 410 g/mol. The third-order valence-corrected chi connectivity index (χ3v) is 4.96. The molecular formula is C22H26N4O4. The number of aromatic nitrogens is 2. The number of H-pyrrole nitrogens is 1. The molecule has 0 aliphatic heterocycles. The number of benzene rings is 2. The van der Waals surface area contributed by atoms with Crippen molar-refractivity contribution in [3.05, 3.63) is 58.6 Å². The normalized spacial score (nSPS) is 11.0. The minimum absolute atomic E-state index is 0.0439. The summed E-state index contributed by atoms with van der Waals surface area (Å²) in [5.41, 5.74) is 1.08. The van der Waals surface area contributed by atoms with E-state index in [-0.39, 0.29) is 18.0 Å². The number of ether oxygens (including phenoxy) is 2. The second-order valence-corrected chi connectivity index (χ2v) is 6.83. The molecule has 1 heterocycles. The molecule has 8 heteroatoms. The number of hydrogen-bond acceptors (Lipinski definition) is 6. The van der Waals surface area contributed by atoms with Crippen molar-refractivity contribution in [1.82, 2.24) is 14.9 Å². The molecule has 8 nitrogen and oxygen atoms in total. The highest BCUT2D eigenvalue weighted by molar-refractivity contribution is 5.94. The van der Waals surface area contributed by atoms with Crippen LogP contribution in [0.3, 0.4) is 0 Å². The summed E-state index contributed by atoms with van der Waals surface area (Å²) in [5, 5.41) is 0.416. The predicted molar refractivity (Wildman–Crippen MR) is 116 cm³/mol. The van der Waals surface area contributed by atoms with Gasteiger partial charge in [0.05, 0.1) is 38.2 Å². The standard InChI is InChI=1S/C22H26N4O4/c1-5-26(14-21(27)25(2)15-9-7-6-8-10-15)13-20-23-17-12-19(30-4)18(29-3)11-16(17)22(28)24-20/h6-12H,5,13-14H2,1-4H3,(H,23,24,28). The summed E-state index contributed by atoms with van der Waals surface area (Å²) in [7, 11) is 4.80. The Bertz CT molecular complexity index is 1080. The highest BCUT2D eigenvalue weighted by atomic mass is 16.5. The Morgan fingerprint density at radius 2 is 1.77 bits per heavy atom. The molecule has 1 amide bonds. The summed E-state index contributed by atoms with van der Waals surface area (Å²) in [6.45, 7) is 3.13. The molecule has 3 rings (SSSR count). The van der Waals surface area contributed by atoms with Crippen molar-refractivity contribution in [2.75, 3.05) is 39.3 Å². The molecule has 1 N–H and O–H groups in total. The fourth-order valence-electron chi connectivity index (χ4n) is 3.17. The Balaban J connectivity index is 1.81. The summed E-state index contributed by atoms with van der Waals surface area (Å²) < 4.78 is 10.6. The van der Waals surface area contributed by atoms with Crippen molar-refractivity contribution in [1.29, 1.82) is 0 Å². The number of nitrogens with zero attached hydrogens (tertiary/aromatic N) is 3. The number of nitrogens with one attached hydrogen (secondary N) is 1. The van der Waals surface area contributed by atoms with Crippen LogP contribution in [0, 0.1) is 0 Å². The molecule has 2 aromatic carbocycles. The van der Waals surface area contributed by atoms with E-state index in [1.807, 2.05) is 42.2 Å². The lowest BCUT2D eigenvalue weighted by atomic mass is 10.2. The van der Waals surface area contributed by atoms with Crippen molar-refractivity contribution in [3.63, 3.8) is 0 Å². The topological polar surface area (TPSA) is 87.8 Å². The van der Waals surface area contributed by atoms with Crippen LogP contribution in [0.4, 0.5) is 5.69 Å². The van der Waals surface area contributed by atoms with Crippen LogP contribution in [0.1, 0.15) is 12.7 Å². The number of para-hydroxylation sites is 1. The van der Waals surface area contributed by atoms with E-state index in [0.29, 0.717) is 41.3 Å². The van der Waals surface area contributed by atoms with E-state index >= 15 is 0 Å². The first-order valence-electron chi connectivity index (χ1n) is 9.65. The molecule has 0 bridgehead atoms. The van der Waals surface area contributed by atoms with Gasteiger partial charge in [-0.1, -0.05) is 25.1 Å². The molecule has 3 aromatic rings. The van der Waals surface area contributed by atoms with Crippen LogP contribution in [0.2, 0.25) is 0 Å². The molecule has 0 saturated heterocycles. The van der Waals surface area contributed by atoms with Crippen molar-refractivity contribution in [2.24, 2.45) is 0 Å². The number of anilines is 1. The maximum Gasteiger partial charge on any atom is 0.258 e. The van der Waals surface area contributed by atoms with Crippen molar-refractivity contribution >= 4 is 22.5 Å². The summed E-state index contributed by atoms with van der Waals surface area (Å²) in [5.74, 6) is 1.41. The van der Waals surface area contributed by atoms with Gasteiger partial charge in [0.1, 0.15) is 5.82 Å². The van der Waals surface area contributed by atoms with Gasteiger partial charge in [-0.15, -0.1) is 0 Å². The summed E-state index contributed by atoms with van der Waals surface area (Å²) in [6, 6.07) is 12.8. The van der Waals surface area contributed by atoms with Crippen LogP contribution < -0.4 is 19.9 Å². The lowest BCUT2D eigenvalue weighted by Crippen LogP contribution is -2.38.